The van der Waals surface area contributed by atoms with Gasteiger partial charge >= 0.3 is 0 Å². The molecule has 0 bridgehead atoms. The van der Waals surface area contributed by atoms with Gasteiger partial charge in [-0.25, -0.2) is 4.98 Å². The number of halogens is 1. The van der Waals surface area contributed by atoms with Crippen LogP contribution in [-0.4, -0.2) is 74.1 Å². The molecule has 0 aliphatic carbocycles. The van der Waals surface area contributed by atoms with Gasteiger partial charge in [0.2, 0.25) is 0 Å². The Labute approximate surface area is 149 Å². The number of guanidine groups is 1. The van der Waals surface area contributed by atoms with Crippen molar-refractivity contribution in [2.24, 2.45) is 4.99 Å². The highest BCUT2D eigenvalue weighted by atomic mass is 127. The fourth-order valence-electron chi connectivity index (χ4n) is 2.68. The molecule has 0 atom stereocenters. The topological polar surface area (TPSA) is 47.0 Å². The summed E-state index contributed by atoms with van der Waals surface area (Å²) in [5.41, 5.74) is 1.25. The van der Waals surface area contributed by atoms with Gasteiger partial charge in [-0.2, -0.15) is 0 Å². The molecule has 7 heteroatoms. The first kappa shape index (κ1) is 17.3. The van der Waals surface area contributed by atoms with Crippen molar-refractivity contribution in [2.45, 2.75) is 6.54 Å². The summed E-state index contributed by atoms with van der Waals surface area (Å²) in [6.07, 6.45) is 1.91. The third-order valence-corrected chi connectivity index (χ3v) is 4.15. The second-order valence-corrected chi connectivity index (χ2v) is 5.79. The molecule has 2 aliphatic rings. The third-order valence-electron chi connectivity index (χ3n) is 4.15. The maximum Gasteiger partial charge on any atom is 0.194 e. The molecule has 3 rings (SSSR count). The van der Waals surface area contributed by atoms with Gasteiger partial charge in [0.15, 0.2) is 5.96 Å². The number of hydrogen-bond donors (Lipinski definition) is 1. The van der Waals surface area contributed by atoms with Crippen LogP contribution in [-0.2, 0) is 6.54 Å². The molecule has 0 amide bonds. The summed E-state index contributed by atoms with van der Waals surface area (Å²) in [5, 5.41) is 3.41. The second kappa shape index (κ2) is 7.96. The van der Waals surface area contributed by atoms with E-state index in [2.05, 4.69) is 56.2 Å². The van der Waals surface area contributed by atoms with E-state index in [1.165, 1.54) is 5.56 Å². The van der Waals surface area contributed by atoms with Gasteiger partial charge in [0.05, 0.1) is 6.54 Å². The Bertz CT molecular complexity index is 513. The number of anilines is 1. The van der Waals surface area contributed by atoms with E-state index in [0.717, 1.165) is 57.6 Å². The summed E-state index contributed by atoms with van der Waals surface area (Å²) >= 11 is 0. The van der Waals surface area contributed by atoms with Gasteiger partial charge < -0.3 is 20.0 Å². The Hall–Kier alpha value is -1.09. The molecule has 1 N–H and O–H groups in total. The van der Waals surface area contributed by atoms with Crippen molar-refractivity contribution >= 4 is 35.8 Å². The van der Waals surface area contributed by atoms with Crippen molar-refractivity contribution in [2.75, 3.05) is 58.3 Å². The van der Waals surface area contributed by atoms with Crippen molar-refractivity contribution in [3.8, 4) is 0 Å². The van der Waals surface area contributed by atoms with Crippen molar-refractivity contribution in [3.05, 3.63) is 23.9 Å². The van der Waals surface area contributed by atoms with E-state index < -0.39 is 0 Å². The molecule has 1 aromatic heterocycles. The summed E-state index contributed by atoms with van der Waals surface area (Å²) < 4.78 is 0. The van der Waals surface area contributed by atoms with Crippen LogP contribution in [0.3, 0.4) is 0 Å². The number of nitrogens with zero attached hydrogens (tertiary/aromatic N) is 5. The highest BCUT2D eigenvalue weighted by Crippen LogP contribution is 2.14. The summed E-state index contributed by atoms with van der Waals surface area (Å²) in [4.78, 5) is 15.9. The fraction of sp³-hybridized carbons (Fsp3) is 0.600. The highest BCUT2D eigenvalue weighted by Gasteiger charge is 2.16. The first-order valence-corrected chi connectivity index (χ1v) is 7.60. The van der Waals surface area contributed by atoms with E-state index >= 15 is 0 Å². The van der Waals surface area contributed by atoms with E-state index in [-0.39, 0.29) is 24.0 Å². The molecular formula is C15H25IN6. The Morgan fingerprint density at radius 2 is 1.91 bits per heavy atom. The normalized spacial score (nSPS) is 18.9. The predicted octanol–water partition coefficient (Wildman–Crippen LogP) is 0.842. The lowest BCUT2D eigenvalue weighted by molar-refractivity contribution is 0.312. The molecule has 122 valence electrons. The quantitative estimate of drug-likeness (QED) is 0.741. The van der Waals surface area contributed by atoms with Gasteiger partial charge in [0.1, 0.15) is 5.82 Å². The minimum Gasteiger partial charge on any atom is -0.354 e. The molecule has 0 saturated carbocycles. The van der Waals surface area contributed by atoms with Crippen LogP contribution in [0.2, 0.25) is 0 Å². The number of aromatic nitrogens is 1. The summed E-state index contributed by atoms with van der Waals surface area (Å²) in [7, 11) is 4.24. The van der Waals surface area contributed by atoms with E-state index in [9.17, 15) is 0 Å². The molecule has 6 nitrogen and oxygen atoms in total. The Morgan fingerprint density at radius 3 is 2.59 bits per heavy atom. The van der Waals surface area contributed by atoms with Crippen molar-refractivity contribution < 1.29 is 0 Å². The zero-order valence-corrected chi connectivity index (χ0v) is 15.7. The first-order valence-electron chi connectivity index (χ1n) is 7.60. The van der Waals surface area contributed by atoms with Crippen LogP contribution in [0.1, 0.15) is 5.56 Å². The number of hydrogen-bond acceptors (Lipinski definition) is 6. The average Bonchev–Trinajstić information content (AvgIpc) is 2.91. The van der Waals surface area contributed by atoms with Crippen molar-refractivity contribution in [1.82, 2.24) is 20.1 Å². The molecule has 1 fully saturated rings. The molecule has 2 aliphatic heterocycles. The van der Waals surface area contributed by atoms with Gasteiger partial charge in [0.25, 0.3) is 0 Å². The first-order chi connectivity index (χ1) is 10.2. The number of nitrogens with one attached hydrogen (secondary N) is 1. The highest BCUT2D eigenvalue weighted by molar-refractivity contribution is 14.0. The van der Waals surface area contributed by atoms with Crippen LogP contribution in [0.4, 0.5) is 5.82 Å². The summed E-state index contributed by atoms with van der Waals surface area (Å²) in [6.45, 7) is 7.00. The van der Waals surface area contributed by atoms with E-state index in [4.69, 9.17) is 0 Å². The fourth-order valence-corrected chi connectivity index (χ4v) is 2.68. The predicted molar refractivity (Wildman–Crippen MR) is 101 cm³/mol. The lowest BCUT2D eigenvalue weighted by Gasteiger charge is -2.33. The van der Waals surface area contributed by atoms with Crippen molar-refractivity contribution in [3.63, 3.8) is 0 Å². The Kier molecular flexibility index (Phi) is 6.25. The molecule has 0 spiro atoms. The summed E-state index contributed by atoms with van der Waals surface area (Å²) in [5.74, 6) is 2.08. The smallest absolute Gasteiger partial charge is 0.194 e. The zero-order valence-electron chi connectivity index (χ0n) is 13.3. The number of pyridine rings is 1. The lowest BCUT2D eigenvalue weighted by atomic mass is 10.2. The minimum absolute atomic E-state index is 0. The van der Waals surface area contributed by atoms with Gasteiger partial charge in [-0.3, -0.25) is 4.99 Å². The van der Waals surface area contributed by atoms with Crippen LogP contribution in [0.5, 0.6) is 0 Å². The number of piperazine rings is 1. The van der Waals surface area contributed by atoms with Crippen LogP contribution < -0.4 is 10.2 Å². The van der Waals surface area contributed by atoms with Gasteiger partial charge in [-0.05, 0) is 24.7 Å². The Balaban J connectivity index is 0.00000176. The molecule has 1 aromatic rings. The molecule has 0 aromatic carbocycles. The zero-order chi connectivity index (χ0) is 14.7. The van der Waals surface area contributed by atoms with Crippen LogP contribution in [0.25, 0.3) is 0 Å². The van der Waals surface area contributed by atoms with Gasteiger partial charge in [0, 0.05) is 52.5 Å². The maximum absolute atomic E-state index is 4.52. The van der Waals surface area contributed by atoms with Gasteiger partial charge in [-0.1, -0.05) is 0 Å². The number of rotatable bonds is 3. The van der Waals surface area contributed by atoms with E-state index in [1.54, 1.807) is 0 Å². The third kappa shape index (κ3) is 4.22. The van der Waals surface area contributed by atoms with Gasteiger partial charge in [-0.15, -0.1) is 24.0 Å². The van der Waals surface area contributed by atoms with Crippen molar-refractivity contribution in [1.29, 1.82) is 0 Å². The van der Waals surface area contributed by atoms with Crippen LogP contribution >= 0.6 is 24.0 Å². The maximum atomic E-state index is 4.52. The molecular weight excluding hydrogens is 391 g/mol. The summed E-state index contributed by atoms with van der Waals surface area (Å²) in [6, 6.07) is 4.26. The second-order valence-electron chi connectivity index (χ2n) is 5.79. The van der Waals surface area contributed by atoms with Crippen LogP contribution in [0, 0.1) is 0 Å². The number of aliphatic imine (C=N–C) groups is 1. The standard InChI is InChI=1S/C15H24N6.HI/c1-19-7-9-21(10-8-19)14-11-13(3-4-16-14)12-18-15-17-5-6-20(15)2;/h3-4,11H,5-10,12H2,1-2H3,(H,17,18);1H. The van der Waals surface area contributed by atoms with E-state index in [1.807, 2.05) is 6.20 Å². The molecule has 22 heavy (non-hydrogen) atoms. The largest absolute Gasteiger partial charge is 0.354 e. The molecule has 3 heterocycles. The Morgan fingerprint density at radius 1 is 1.14 bits per heavy atom. The lowest BCUT2D eigenvalue weighted by Crippen LogP contribution is -2.44. The van der Waals surface area contributed by atoms with E-state index in [0.29, 0.717) is 0 Å². The monoisotopic (exact) mass is 416 g/mol. The molecule has 0 unspecified atom stereocenters. The minimum atomic E-state index is 0. The molecule has 0 radical (unpaired) electrons. The number of likely N-dealkylation sites (N-methyl/N-ethyl adjacent to an activating group) is 2. The SMILES string of the molecule is CN1CCN(c2cc(CNC3=NCCN3C)ccn2)CC1.I. The van der Waals surface area contributed by atoms with Crippen LogP contribution in [0.15, 0.2) is 23.3 Å². The average molecular weight is 416 g/mol. The molecule has 1 saturated heterocycles.